The summed E-state index contributed by atoms with van der Waals surface area (Å²) in [5.74, 6) is 0. The van der Waals surface area contributed by atoms with Gasteiger partial charge in [-0.3, -0.25) is 4.57 Å². The summed E-state index contributed by atoms with van der Waals surface area (Å²) < 4.78 is 8.67. The van der Waals surface area contributed by atoms with Crippen molar-refractivity contribution in [1.82, 2.24) is 0 Å². The van der Waals surface area contributed by atoms with Gasteiger partial charge in [0.2, 0.25) is 0 Å². The number of hydrogen-bond donors (Lipinski definition) is 0. The zero-order chi connectivity index (χ0) is 5.41. The van der Waals surface area contributed by atoms with Crippen LogP contribution in [0.5, 0.6) is 0 Å². The first-order chi connectivity index (χ1) is 2.83. The molecule has 0 unspecified atom stereocenters. The lowest BCUT2D eigenvalue weighted by Crippen LogP contribution is -1.10. The first kappa shape index (κ1) is 9.30. The maximum Gasteiger partial charge on any atom is 0.267 e. The molecule has 0 aliphatic carbocycles. The van der Waals surface area contributed by atoms with Crippen molar-refractivity contribution >= 4 is 19.1 Å². The van der Waals surface area contributed by atoms with E-state index < -0.39 is 0 Å². The first-order valence-corrected chi connectivity index (χ1v) is 2.79. The normalized spacial score (nSPS) is 4.83. The van der Waals surface area contributed by atoms with Crippen LogP contribution in [-0.4, -0.2) is 0 Å². The second-order valence-corrected chi connectivity index (χ2v) is 0.845. The Balaban J connectivity index is 0. The van der Waals surface area contributed by atoms with E-state index in [4.69, 9.17) is 9.83 Å². The number of nitriles is 1. The third kappa shape index (κ3) is 2230. The Bertz CT molecular complexity index is 59.1. The van der Waals surface area contributed by atoms with Gasteiger partial charge >= 0.3 is 0 Å². The lowest BCUT2D eigenvalue weighted by atomic mass is 11.0. The van der Waals surface area contributed by atoms with Crippen molar-refractivity contribution in [3.8, 4) is 6.07 Å². The van der Waals surface area contributed by atoms with E-state index in [1.807, 2.05) is 0 Å². The van der Waals surface area contributed by atoms with Crippen molar-refractivity contribution in [2.24, 2.45) is 0 Å². The van der Waals surface area contributed by atoms with Crippen molar-refractivity contribution in [2.45, 2.75) is 6.92 Å². The van der Waals surface area contributed by atoms with Crippen LogP contribution in [0.15, 0.2) is 0 Å². The topological polar surface area (TPSA) is 40.9 Å². The lowest BCUT2D eigenvalue weighted by molar-refractivity contribution is 0.605. The summed E-state index contributed by atoms with van der Waals surface area (Å²) in [5, 5.41) is 7.32. The largest absolute Gasteiger partial charge is 0.267 e. The van der Waals surface area contributed by atoms with Crippen molar-refractivity contribution < 1.29 is 4.57 Å². The fraction of sp³-hybridized carbons (Fsp3) is 0.500. The quantitative estimate of drug-likeness (QED) is 0.462. The van der Waals surface area contributed by atoms with Crippen LogP contribution >= 0.6 is 19.1 Å². The van der Waals surface area contributed by atoms with E-state index in [2.05, 4.69) is 11.2 Å². The molecule has 0 aromatic rings. The molecule has 0 bridgehead atoms. The van der Waals surface area contributed by atoms with Gasteiger partial charge in [-0.2, -0.15) is 5.26 Å². The molecule has 34 valence electrons. The smallest absolute Gasteiger partial charge is 0.256 e. The molecular formula is C2H3ClNOP. The van der Waals surface area contributed by atoms with Gasteiger partial charge in [-0.05, 0) is 11.2 Å². The summed E-state index contributed by atoms with van der Waals surface area (Å²) in [6.07, 6.45) is 0. The van der Waals surface area contributed by atoms with E-state index in [9.17, 15) is 0 Å². The van der Waals surface area contributed by atoms with Gasteiger partial charge in [-0.25, -0.2) is 0 Å². The predicted molar refractivity (Wildman–Crippen MR) is 24.7 cm³/mol. The van der Waals surface area contributed by atoms with Gasteiger partial charge in [0.1, 0.15) is 0 Å². The monoisotopic (exact) mass is 123 g/mol. The maximum atomic E-state index is 8.67. The minimum atomic E-state index is -0.361. The minimum Gasteiger partial charge on any atom is -0.256 e. The Morgan fingerprint density at radius 2 is 2.00 bits per heavy atom. The summed E-state index contributed by atoms with van der Waals surface area (Å²) in [5.41, 5.74) is 0. The molecular weight excluding hydrogens is 120 g/mol. The Morgan fingerprint density at radius 3 is 2.00 bits per heavy atom. The van der Waals surface area contributed by atoms with Crippen molar-refractivity contribution in [3.05, 3.63) is 0 Å². The van der Waals surface area contributed by atoms with E-state index in [1.54, 1.807) is 6.07 Å². The second-order valence-electron chi connectivity index (χ2n) is 0.293. The van der Waals surface area contributed by atoms with Gasteiger partial charge in [0, 0.05) is 6.92 Å². The van der Waals surface area contributed by atoms with Gasteiger partial charge in [0.05, 0.1) is 6.07 Å². The van der Waals surface area contributed by atoms with Crippen LogP contribution in [0, 0.1) is 11.3 Å². The average molecular weight is 123 g/mol. The Kier molecular flexibility index (Phi) is 32.2. The van der Waals surface area contributed by atoms with E-state index in [-0.39, 0.29) is 7.81 Å². The van der Waals surface area contributed by atoms with Gasteiger partial charge in [0.15, 0.2) is 0 Å². The van der Waals surface area contributed by atoms with E-state index in [1.165, 1.54) is 6.92 Å². The van der Waals surface area contributed by atoms with Gasteiger partial charge in [0.25, 0.3) is 7.81 Å². The van der Waals surface area contributed by atoms with E-state index in [0.717, 1.165) is 0 Å². The van der Waals surface area contributed by atoms with Crippen LogP contribution in [0.25, 0.3) is 0 Å². The highest BCUT2D eigenvalue weighted by atomic mass is 35.7. The summed E-state index contributed by atoms with van der Waals surface area (Å²) in [4.78, 5) is 0. The van der Waals surface area contributed by atoms with Crippen LogP contribution in [0.4, 0.5) is 0 Å². The van der Waals surface area contributed by atoms with Crippen LogP contribution < -0.4 is 0 Å². The number of rotatable bonds is 0. The van der Waals surface area contributed by atoms with E-state index >= 15 is 0 Å². The molecule has 0 aliphatic heterocycles. The van der Waals surface area contributed by atoms with Crippen molar-refractivity contribution in [3.63, 3.8) is 0 Å². The molecule has 6 heavy (non-hydrogen) atoms. The molecule has 0 saturated carbocycles. The summed E-state index contributed by atoms with van der Waals surface area (Å²) >= 11 is 4.42. The summed E-state index contributed by atoms with van der Waals surface area (Å²) in [6.45, 7) is 1.43. The third-order valence-corrected chi connectivity index (χ3v) is 0. The number of hydrogen-bond acceptors (Lipinski definition) is 2. The molecule has 0 N–H and O–H groups in total. The van der Waals surface area contributed by atoms with Crippen molar-refractivity contribution in [2.75, 3.05) is 0 Å². The van der Waals surface area contributed by atoms with Crippen molar-refractivity contribution in [1.29, 1.82) is 5.26 Å². The number of nitrogens with zero attached hydrogens (tertiary/aromatic N) is 1. The summed E-state index contributed by atoms with van der Waals surface area (Å²) in [6, 6.07) is 1.75. The molecule has 0 aromatic heterocycles. The molecule has 2 nitrogen and oxygen atoms in total. The highest BCUT2D eigenvalue weighted by molar-refractivity contribution is 7.57. The van der Waals surface area contributed by atoms with Gasteiger partial charge in [-0.1, -0.05) is 0 Å². The molecule has 0 fully saturated rings. The lowest BCUT2D eigenvalue weighted by Gasteiger charge is -1.16. The highest BCUT2D eigenvalue weighted by Gasteiger charge is 1.33. The molecule has 0 aromatic carbocycles. The fourth-order valence-corrected chi connectivity index (χ4v) is 0. The standard InChI is InChI=1S/C2H3N.ClOP/c1-2-3;1-3-2/h1H3;. The Morgan fingerprint density at radius 1 is 2.00 bits per heavy atom. The molecule has 0 amide bonds. The number of halogens is 1. The minimum absolute atomic E-state index is 0.361. The van der Waals surface area contributed by atoms with Gasteiger partial charge in [-0.15, -0.1) is 0 Å². The molecule has 0 radical (unpaired) electrons. The average Bonchev–Trinajstić information content (AvgIpc) is 1.39. The molecule has 4 heteroatoms. The predicted octanol–water partition coefficient (Wildman–Crippen LogP) is 1.96. The molecule has 0 atom stereocenters. The molecule has 0 heterocycles. The second kappa shape index (κ2) is 20.8. The highest BCUT2D eigenvalue weighted by Crippen LogP contribution is 1.92. The van der Waals surface area contributed by atoms with Crippen LogP contribution in [-0.2, 0) is 4.57 Å². The van der Waals surface area contributed by atoms with Crippen LogP contribution in [0.3, 0.4) is 0 Å². The zero-order valence-electron chi connectivity index (χ0n) is 3.18. The van der Waals surface area contributed by atoms with E-state index in [0.29, 0.717) is 0 Å². The van der Waals surface area contributed by atoms with Crippen LogP contribution in [0.1, 0.15) is 6.92 Å². The maximum absolute atomic E-state index is 8.67. The Labute approximate surface area is 42.7 Å². The SMILES string of the molecule is CC#N.O=PCl. The molecule has 0 spiro atoms. The first-order valence-electron chi connectivity index (χ1n) is 1.08. The molecule has 0 saturated heterocycles. The van der Waals surface area contributed by atoms with Gasteiger partial charge < -0.3 is 0 Å². The molecule has 0 aliphatic rings. The zero-order valence-corrected chi connectivity index (χ0v) is 4.83. The third-order valence-electron chi connectivity index (χ3n) is 0. The molecule has 0 rings (SSSR count). The summed E-state index contributed by atoms with van der Waals surface area (Å²) in [7, 11) is -0.361. The van der Waals surface area contributed by atoms with Crippen LogP contribution in [0.2, 0.25) is 0 Å². The fourth-order valence-electron chi connectivity index (χ4n) is 0. The Hall–Kier alpha value is -0.120.